The molecule has 0 spiro atoms. The fourth-order valence-corrected chi connectivity index (χ4v) is 1.84. The molecular weight excluding hydrogens is 186 g/mol. The van der Waals surface area contributed by atoms with Gasteiger partial charge < -0.3 is 10.5 Å². The van der Waals surface area contributed by atoms with Crippen LogP contribution in [0.1, 0.15) is 37.3 Å². The minimum absolute atomic E-state index is 0.191. The highest BCUT2D eigenvalue weighted by Crippen LogP contribution is 2.35. The van der Waals surface area contributed by atoms with Crippen LogP contribution in [0.5, 0.6) is 5.75 Å². The van der Waals surface area contributed by atoms with Crippen LogP contribution in [-0.2, 0) is 0 Å². The highest BCUT2D eigenvalue weighted by atomic mass is 16.5. The summed E-state index contributed by atoms with van der Waals surface area (Å²) >= 11 is 0. The first kappa shape index (κ1) is 10.5. The van der Waals surface area contributed by atoms with Crippen LogP contribution in [-0.4, -0.2) is 7.11 Å². The Bertz CT molecular complexity index is 303. The van der Waals surface area contributed by atoms with Gasteiger partial charge in [0.05, 0.1) is 7.11 Å². The van der Waals surface area contributed by atoms with Gasteiger partial charge in [-0.05, 0) is 36.5 Å². The van der Waals surface area contributed by atoms with Gasteiger partial charge in [0.15, 0.2) is 0 Å². The van der Waals surface area contributed by atoms with E-state index in [1.807, 2.05) is 12.1 Å². The smallest absolute Gasteiger partial charge is 0.118 e. The van der Waals surface area contributed by atoms with E-state index in [-0.39, 0.29) is 6.04 Å². The van der Waals surface area contributed by atoms with Crippen LogP contribution < -0.4 is 10.5 Å². The van der Waals surface area contributed by atoms with E-state index in [2.05, 4.69) is 12.1 Å². The van der Waals surface area contributed by atoms with E-state index in [9.17, 15) is 0 Å². The molecule has 0 bridgehead atoms. The number of hydrogen-bond acceptors (Lipinski definition) is 2. The first-order valence-corrected chi connectivity index (χ1v) is 5.69. The van der Waals surface area contributed by atoms with Gasteiger partial charge in [0.25, 0.3) is 0 Å². The highest BCUT2D eigenvalue weighted by Gasteiger charge is 2.21. The zero-order chi connectivity index (χ0) is 10.7. The van der Waals surface area contributed by atoms with Crippen molar-refractivity contribution >= 4 is 0 Å². The van der Waals surface area contributed by atoms with Crippen LogP contribution >= 0.6 is 0 Å². The molecule has 82 valence electrons. The van der Waals surface area contributed by atoms with Gasteiger partial charge >= 0.3 is 0 Å². The Labute approximate surface area is 91.4 Å². The Hall–Kier alpha value is -1.02. The van der Waals surface area contributed by atoms with Crippen molar-refractivity contribution in [1.29, 1.82) is 0 Å². The summed E-state index contributed by atoms with van der Waals surface area (Å²) in [4.78, 5) is 0. The van der Waals surface area contributed by atoms with Gasteiger partial charge in [-0.25, -0.2) is 0 Å². The number of hydrogen-bond donors (Lipinski definition) is 1. The molecule has 15 heavy (non-hydrogen) atoms. The summed E-state index contributed by atoms with van der Waals surface area (Å²) in [6.07, 6.45) is 5.22. The molecule has 1 aliphatic rings. The lowest BCUT2D eigenvalue weighted by Gasteiger charge is -2.12. The molecule has 1 aromatic carbocycles. The summed E-state index contributed by atoms with van der Waals surface area (Å²) in [6, 6.07) is 8.28. The van der Waals surface area contributed by atoms with Crippen LogP contribution in [0, 0.1) is 5.92 Å². The number of rotatable bonds is 5. The molecule has 1 fully saturated rings. The number of benzene rings is 1. The maximum Gasteiger partial charge on any atom is 0.118 e. The SMILES string of the molecule is COc1ccc(C(N)CCC2CC2)cc1. The van der Waals surface area contributed by atoms with Crippen LogP contribution in [0.4, 0.5) is 0 Å². The molecule has 0 amide bonds. The van der Waals surface area contributed by atoms with Crippen molar-refractivity contribution in [3.63, 3.8) is 0 Å². The molecule has 0 heterocycles. The van der Waals surface area contributed by atoms with Gasteiger partial charge in [0, 0.05) is 6.04 Å². The Morgan fingerprint density at radius 3 is 2.53 bits per heavy atom. The van der Waals surface area contributed by atoms with Gasteiger partial charge in [-0.2, -0.15) is 0 Å². The minimum Gasteiger partial charge on any atom is -0.497 e. The first-order valence-electron chi connectivity index (χ1n) is 5.69. The molecule has 1 aliphatic carbocycles. The van der Waals surface area contributed by atoms with Crippen molar-refractivity contribution in [2.75, 3.05) is 7.11 Å². The first-order chi connectivity index (χ1) is 7.29. The zero-order valence-corrected chi connectivity index (χ0v) is 9.28. The maximum absolute atomic E-state index is 6.12. The van der Waals surface area contributed by atoms with Gasteiger partial charge in [-0.15, -0.1) is 0 Å². The summed E-state index contributed by atoms with van der Waals surface area (Å²) in [5, 5.41) is 0. The molecular formula is C13H19NO. The molecule has 1 atom stereocenters. The number of methoxy groups -OCH3 is 1. The Balaban J connectivity index is 1.88. The third-order valence-corrected chi connectivity index (χ3v) is 3.13. The second-order valence-corrected chi connectivity index (χ2v) is 4.40. The molecule has 0 aromatic heterocycles. The molecule has 2 rings (SSSR count). The van der Waals surface area contributed by atoms with Gasteiger partial charge in [0.2, 0.25) is 0 Å². The molecule has 2 nitrogen and oxygen atoms in total. The quantitative estimate of drug-likeness (QED) is 0.802. The molecule has 2 heteroatoms. The van der Waals surface area contributed by atoms with Crippen LogP contribution in [0.25, 0.3) is 0 Å². The van der Waals surface area contributed by atoms with Gasteiger partial charge in [0.1, 0.15) is 5.75 Å². The highest BCUT2D eigenvalue weighted by molar-refractivity contribution is 5.28. The third kappa shape index (κ3) is 2.96. The summed E-state index contributed by atoms with van der Waals surface area (Å²) in [5.74, 6) is 1.86. The average molecular weight is 205 g/mol. The van der Waals surface area contributed by atoms with Crippen LogP contribution in [0.15, 0.2) is 24.3 Å². The van der Waals surface area contributed by atoms with Crippen molar-refractivity contribution in [1.82, 2.24) is 0 Å². The molecule has 2 N–H and O–H groups in total. The van der Waals surface area contributed by atoms with Crippen molar-refractivity contribution in [2.24, 2.45) is 11.7 Å². The summed E-state index contributed by atoms with van der Waals surface area (Å²) in [5.41, 5.74) is 7.34. The van der Waals surface area contributed by atoms with Gasteiger partial charge in [-0.1, -0.05) is 25.0 Å². The van der Waals surface area contributed by atoms with E-state index in [0.29, 0.717) is 0 Å². The maximum atomic E-state index is 6.12. The molecule has 1 unspecified atom stereocenters. The summed E-state index contributed by atoms with van der Waals surface area (Å²) in [7, 11) is 1.68. The van der Waals surface area contributed by atoms with E-state index in [4.69, 9.17) is 10.5 Å². The second kappa shape index (κ2) is 4.67. The fraction of sp³-hybridized carbons (Fsp3) is 0.538. The zero-order valence-electron chi connectivity index (χ0n) is 9.28. The largest absolute Gasteiger partial charge is 0.497 e. The van der Waals surface area contributed by atoms with Crippen molar-refractivity contribution in [3.8, 4) is 5.75 Å². The predicted molar refractivity (Wildman–Crippen MR) is 61.9 cm³/mol. The van der Waals surface area contributed by atoms with E-state index in [1.165, 1.54) is 24.8 Å². The van der Waals surface area contributed by atoms with Crippen LogP contribution in [0.2, 0.25) is 0 Å². The topological polar surface area (TPSA) is 35.2 Å². The molecule has 0 saturated heterocycles. The van der Waals surface area contributed by atoms with Crippen molar-refractivity contribution in [3.05, 3.63) is 29.8 Å². The standard InChI is InChI=1S/C13H19NO/c1-15-12-7-5-11(6-8-12)13(14)9-4-10-2-3-10/h5-8,10,13H,2-4,9,14H2,1H3. The molecule has 1 saturated carbocycles. The number of ether oxygens (including phenoxy) is 1. The van der Waals surface area contributed by atoms with E-state index in [1.54, 1.807) is 7.11 Å². The third-order valence-electron chi connectivity index (χ3n) is 3.13. The lowest BCUT2D eigenvalue weighted by atomic mass is 10.0. The summed E-state index contributed by atoms with van der Waals surface area (Å²) in [6.45, 7) is 0. The van der Waals surface area contributed by atoms with Crippen LogP contribution in [0.3, 0.4) is 0 Å². The van der Waals surface area contributed by atoms with E-state index in [0.717, 1.165) is 18.1 Å². The van der Waals surface area contributed by atoms with E-state index < -0.39 is 0 Å². The average Bonchev–Trinajstić information content (AvgIpc) is 3.10. The van der Waals surface area contributed by atoms with E-state index >= 15 is 0 Å². The van der Waals surface area contributed by atoms with Gasteiger partial charge in [-0.3, -0.25) is 0 Å². The second-order valence-electron chi connectivity index (χ2n) is 4.40. The van der Waals surface area contributed by atoms with Crippen molar-refractivity contribution in [2.45, 2.75) is 31.7 Å². The lowest BCUT2D eigenvalue weighted by Crippen LogP contribution is -2.10. The normalized spacial score (nSPS) is 17.5. The Morgan fingerprint density at radius 1 is 1.33 bits per heavy atom. The molecule has 0 aliphatic heterocycles. The monoisotopic (exact) mass is 205 g/mol. The predicted octanol–water partition coefficient (Wildman–Crippen LogP) is 2.89. The Morgan fingerprint density at radius 2 is 2.00 bits per heavy atom. The summed E-state index contributed by atoms with van der Waals surface area (Å²) < 4.78 is 5.12. The minimum atomic E-state index is 0.191. The molecule has 0 radical (unpaired) electrons. The molecule has 1 aromatic rings. The lowest BCUT2D eigenvalue weighted by molar-refractivity contribution is 0.414. The Kier molecular flexibility index (Phi) is 3.27. The number of nitrogens with two attached hydrogens (primary N) is 1. The fourth-order valence-electron chi connectivity index (χ4n) is 1.84. The van der Waals surface area contributed by atoms with Crippen molar-refractivity contribution < 1.29 is 4.74 Å².